The first-order valence-corrected chi connectivity index (χ1v) is 47.4. The Morgan fingerprint density at radius 3 is 0.889 bits per heavy atom. The number of nitrogens with zero attached hydrogens (tertiary/aromatic N) is 2. The number of rotatable bonds is 61. The van der Waals surface area contributed by atoms with E-state index in [1.807, 2.05) is 0 Å². The van der Waals surface area contributed by atoms with Crippen molar-refractivity contribution in [2.24, 2.45) is 0 Å². The predicted octanol–water partition coefficient (Wildman–Crippen LogP) is 34.5. The van der Waals surface area contributed by atoms with Crippen LogP contribution in [0.25, 0.3) is 61.2 Å². The maximum Gasteiger partial charge on any atom is 0.113 e. The van der Waals surface area contributed by atoms with E-state index in [4.69, 9.17) is 8.75 Å². The fourth-order valence-electron chi connectivity index (χ4n) is 18.3. The SMILES string of the molecule is CCCCCCCCCCCCCCCCC1(CCCCCCCCCCCCCCCC)c2cc3c(cc2-c2sc4cc(C)sc4c21)C(CCCCCCCCCCCCCCCC)(CCCCCCCCCCCCCCCC)c1c-3sc2cc(-c3ccc(C)c4nsnc34)sc12. The molecule has 0 atom stereocenters. The minimum Gasteiger partial charge on any atom is -0.173 e. The molecule has 0 radical (unpaired) electrons. The van der Waals surface area contributed by atoms with Gasteiger partial charge in [-0.1, -0.05) is 399 Å². The smallest absolute Gasteiger partial charge is 0.113 e. The molecule has 2 nitrogen and oxygen atoms in total. The summed E-state index contributed by atoms with van der Waals surface area (Å²) in [5, 5.41) is 0. The van der Waals surface area contributed by atoms with Gasteiger partial charge in [-0.3, -0.25) is 0 Å². The van der Waals surface area contributed by atoms with Crippen LogP contribution in [0.1, 0.15) is 446 Å². The molecular formula is C92H144N2S5. The molecule has 0 aliphatic heterocycles. The molecule has 0 amide bonds. The normalized spacial score (nSPS) is 13.7. The van der Waals surface area contributed by atoms with Crippen molar-refractivity contribution in [1.29, 1.82) is 0 Å². The first-order valence-electron chi connectivity index (χ1n) is 43.4. The third kappa shape index (κ3) is 23.5. The standard InChI is InChI=1S/C92H144N2S5/c1-7-11-15-19-23-27-31-35-39-43-47-51-55-59-65-91(66-60-56-52-48-44-40-36-32-28-24-20-16-12-8-2)78-71-77-79(70-76(78)87-83(91)89-81(97-87)69-74(6)95-89)92(67-61-57-53-49-45-41-37-33-29-25-21-17-13-9-3,68-62-58-54-50-46-42-38-34-30-26-22-18-14-10-4)84-88(77)98-82-72-80(96-90(82)84)75-64-63-73(5)85-86(75)94-99-93-85/h63-64,69-72H,7-62,65-68H2,1-6H3. The van der Waals surface area contributed by atoms with E-state index in [-0.39, 0.29) is 10.8 Å². The number of aryl methyl sites for hydroxylation is 2. The number of benzene rings is 2. The molecule has 9 rings (SSSR count). The summed E-state index contributed by atoms with van der Waals surface area (Å²) >= 11 is 10.0. The Morgan fingerprint density at radius 2 is 0.566 bits per heavy atom. The minimum absolute atomic E-state index is 0.0129. The Hall–Kier alpha value is -2.42. The monoisotopic (exact) mass is 1440 g/mol. The van der Waals surface area contributed by atoms with E-state index in [9.17, 15) is 0 Å². The lowest BCUT2D eigenvalue weighted by Crippen LogP contribution is -2.27. The van der Waals surface area contributed by atoms with Crippen LogP contribution in [0.5, 0.6) is 0 Å². The zero-order valence-electron chi connectivity index (χ0n) is 64.8. The molecule has 5 heterocycles. The molecule has 0 bridgehead atoms. The van der Waals surface area contributed by atoms with E-state index in [2.05, 4.69) is 123 Å². The van der Waals surface area contributed by atoms with Crippen molar-refractivity contribution >= 4 is 86.9 Å². The van der Waals surface area contributed by atoms with Crippen LogP contribution in [0, 0.1) is 13.8 Å². The zero-order valence-corrected chi connectivity index (χ0v) is 68.9. The Morgan fingerprint density at radius 1 is 0.283 bits per heavy atom. The van der Waals surface area contributed by atoms with E-state index >= 15 is 0 Å². The van der Waals surface area contributed by atoms with Gasteiger partial charge in [-0.2, -0.15) is 8.75 Å². The van der Waals surface area contributed by atoms with Crippen molar-refractivity contribution < 1.29 is 0 Å². The second-order valence-electron chi connectivity index (χ2n) is 32.4. The molecule has 0 saturated heterocycles. The lowest BCUT2D eigenvalue weighted by molar-refractivity contribution is 0.396. The highest BCUT2D eigenvalue weighted by atomic mass is 32.1. The second kappa shape index (κ2) is 45.8. The minimum atomic E-state index is 0.0129. The highest BCUT2D eigenvalue weighted by molar-refractivity contribution is 7.31. The van der Waals surface area contributed by atoms with Crippen LogP contribution < -0.4 is 0 Å². The van der Waals surface area contributed by atoms with E-state index in [0.717, 1.165) is 11.0 Å². The number of hydrogen-bond donors (Lipinski definition) is 0. The van der Waals surface area contributed by atoms with Gasteiger partial charge in [0, 0.05) is 45.3 Å². The molecule has 2 aliphatic carbocycles. The van der Waals surface area contributed by atoms with Crippen molar-refractivity contribution in [2.45, 2.75) is 438 Å². The molecule has 0 unspecified atom stereocenters. The fraction of sp³-hybridized carbons (Fsp3) is 0.739. The lowest BCUT2D eigenvalue weighted by Gasteiger charge is -2.35. The number of aromatic nitrogens is 2. The summed E-state index contributed by atoms with van der Waals surface area (Å²) in [7, 11) is 0. The van der Waals surface area contributed by atoms with Crippen molar-refractivity contribution in [1.82, 2.24) is 8.75 Å². The number of hydrogen-bond acceptors (Lipinski definition) is 7. The van der Waals surface area contributed by atoms with E-state index in [1.165, 1.54) is 423 Å². The molecule has 5 aromatic heterocycles. The molecule has 0 saturated carbocycles. The Bertz CT molecular complexity index is 3240. The van der Waals surface area contributed by atoms with Gasteiger partial charge in [0.25, 0.3) is 0 Å². The van der Waals surface area contributed by atoms with Gasteiger partial charge in [0.2, 0.25) is 0 Å². The van der Waals surface area contributed by atoms with Gasteiger partial charge in [-0.05, 0) is 103 Å². The molecule has 2 aromatic carbocycles. The van der Waals surface area contributed by atoms with E-state index in [1.54, 1.807) is 57.2 Å². The van der Waals surface area contributed by atoms with E-state index < -0.39 is 0 Å². The maximum atomic E-state index is 5.00. The average Bonchev–Trinajstić information content (AvgIpc) is 1.51. The number of unbranched alkanes of at least 4 members (excludes halogenated alkanes) is 52. The molecule has 0 N–H and O–H groups in total. The molecule has 0 fully saturated rings. The van der Waals surface area contributed by atoms with E-state index in [0.29, 0.717) is 0 Å². The second-order valence-corrected chi connectivity index (χ2v) is 37.3. The third-order valence-electron chi connectivity index (χ3n) is 24.2. The van der Waals surface area contributed by atoms with Crippen molar-refractivity contribution in [3.05, 3.63) is 69.1 Å². The average molecular weight is 1440 g/mol. The van der Waals surface area contributed by atoms with Crippen LogP contribution in [-0.2, 0) is 10.8 Å². The van der Waals surface area contributed by atoms with Gasteiger partial charge in [-0.25, -0.2) is 0 Å². The van der Waals surface area contributed by atoms with Gasteiger partial charge in [0.15, 0.2) is 0 Å². The van der Waals surface area contributed by atoms with Crippen LogP contribution in [0.15, 0.2) is 36.4 Å². The van der Waals surface area contributed by atoms with Crippen LogP contribution in [0.2, 0.25) is 0 Å². The Kier molecular flexibility index (Phi) is 37.3. The van der Waals surface area contributed by atoms with Crippen LogP contribution in [0.4, 0.5) is 0 Å². The molecule has 7 heteroatoms. The third-order valence-corrected chi connectivity index (χ3v) is 29.6. The van der Waals surface area contributed by atoms with Gasteiger partial charge in [0.1, 0.15) is 11.0 Å². The summed E-state index contributed by atoms with van der Waals surface area (Å²) in [6, 6.07) is 15.8. The van der Waals surface area contributed by atoms with Crippen LogP contribution in [-0.4, -0.2) is 8.75 Å². The van der Waals surface area contributed by atoms with Crippen molar-refractivity contribution in [3.8, 4) is 31.3 Å². The summed E-state index contributed by atoms with van der Waals surface area (Å²) in [5.74, 6) is 0. The van der Waals surface area contributed by atoms with Gasteiger partial charge in [-0.15, -0.1) is 45.3 Å². The first kappa shape index (κ1) is 80.7. The highest BCUT2D eigenvalue weighted by Crippen LogP contribution is 2.67. The van der Waals surface area contributed by atoms with Crippen LogP contribution in [0.3, 0.4) is 0 Å². The summed E-state index contributed by atoms with van der Waals surface area (Å²) in [4.78, 5) is 6.21. The predicted molar refractivity (Wildman–Crippen MR) is 451 cm³/mol. The number of fused-ring (bicyclic) bond motifs is 11. The molecular weight excluding hydrogens is 1290 g/mol. The zero-order chi connectivity index (χ0) is 69.0. The van der Waals surface area contributed by atoms with Gasteiger partial charge < -0.3 is 0 Å². The fourth-order valence-corrected chi connectivity index (χ4v) is 24.6. The largest absolute Gasteiger partial charge is 0.173 e. The Balaban J connectivity index is 1.00. The lowest BCUT2D eigenvalue weighted by atomic mass is 9.68. The maximum absolute atomic E-state index is 5.00. The first-order chi connectivity index (χ1) is 48.9. The summed E-state index contributed by atoms with van der Waals surface area (Å²) in [5.41, 5.74) is 15.1. The molecule has 99 heavy (non-hydrogen) atoms. The number of thiophene rings is 4. The quantitative estimate of drug-likeness (QED) is 0.0355. The highest BCUT2D eigenvalue weighted by Gasteiger charge is 2.51. The van der Waals surface area contributed by atoms with Crippen LogP contribution >= 0.6 is 57.1 Å². The van der Waals surface area contributed by atoms with Crippen molar-refractivity contribution in [2.75, 3.05) is 0 Å². The summed E-state index contributed by atoms with van der Waals surface area (Å²) < 4.78 is 16.2. The Labute approximate surface area is 628 Å². The molecule has 0 spiro atoms. The molecule has 552 valence electrons. The topological polar surface area (TPSA) is 25.8 Å². The van der Waals surface area contributed by atoms with Crippen molar-refractivity contribution in [3.63, 3.8) is 0 Å². The molecule has 2 aliphatic rings. The summed E-state index contributed by atoms with van der Waals surface area (Å²) in [6.07, 6.45) is 84.4. The van der Waals surface area contributed by atoms with Gasteiger partial charge >= 0.3 is 0 Å². The van der Waals surface area contributed by atoms with Gasteiger partial charge in [0.05, 0.1) is 21.1 Å². The molecule has 7 aromatic rings. The summed E-state index contributed by atoms with van der Waals surface area (Å²) in [6.45, 7) is 14.0.